The highest BCUT2D eigenvalue weighted by atomic mass is 19.3. The van der Waals surface area contributed by atoms with E-state index in [0.29, 0.717) is 0 Å². The number of alkyl halides is 2. The SMILES string of the molecule is CC(C)C(C#N)C([O])(F)F. The fraction of sp³-hybridized carbons (Fsp3) is 0.833. The molecule has 0 amide bonds. The van der Waals surface area contributed by atoms with E-state index in [4.69, 9.17) is 5.26 Å². The van der Waals surface area contributed by atoms with Crippen LogP contribution in [-0.4, -0.2) is 6.11 Å². The van der Waals surface area contributed by atoms with E-state index in [1.165, 1.54) is 19.9 Å². The molecule has 0 aromatic rings. The van der Waals surface area contributed by atoms with Crippen LogP contribution in [0.3, 0.4) is 0 Å². The Morgan fingerprint density at radius 1 is 1.50 bits per heavy atom. The Kier molecular flexibility index (Phi) is 2.73. The van der Waals surface area contributed by atoms with Crippen molar-refractivity contribution in [1.82, 2.24) is 0 Å². The van der Waals surface area contributed by atoms with Gasteiger partial charge in [-0.25, -0.2) is 0 Å². The molecule has 0 saturated heterocycles. The van der Waals surface area contributed by atoms with Crippen molar-refractivity contribution >= 4 is 0 Å². The maximum atomic E-state index is 11.9. The molecule has 0 aromatic heterocycles. The van der Waals surface area contributed by atoms with Gasteiger partial charge in [0.05, 0.1) is 6.07 Å². The van der Waals surface area contributed by atoms with Crippen LogP contribution in [0.1, 0.15) is 13.8 Å². The molecular formula is C6H8F2NO. The molecular weight excluding hydrogens is 140 g/mol. The molecule has 4 heteroatoms. The van der Waals surface area contributed by atoms with Crippen molar-refractivity contribution in [3.8, 4) is 6.07 Å². The minimum absolute atomic E-state index is 0.600. The largest absolute Gasteiger partial charge is 0.397 e. The van der Waals surface area contributed by atoms with Crippen molar-refractivity contribution in [2.45, 2.75) is 20.0 Å². The second-order valence-electron chi connectivity index (χ2n) is 2.41. The third-order valence-electron chi connectivity index (χ3n) is 1.17. The third kappa shape index (κ3) is 2.28. The van der Waals surface area contributed by atoms with Gasteiger partial charge >= 0.3 is 6.11 Å². The fourth-order valence-corrected chi connectivity index (χ4v) is 0.612. The molecule has 0 heterocycles. The molecule has 0 N–H and O–H groups in total. The Morgan fingerprint density at radius 3 is 1.90 bits per heavy atom. The van der Waals surface area contributed by atoms with Crippen LogP contribution in [0.4, 0.5) is 8.78 Å². The first kappa shape index (κ1) is 9.31. The summed E-state index contributed by atoms with van der Waals surface area (Å²) in [7, 11) is 0. The lowest BCUT2D eigenvalue weighted by Gasteiger charge is -2.15. The quantitative estimate of drug-likeness (QED) is 0.588. The lowest BCUT2D eigenvalue weighted by molar-refractivity contribution is -0.271. The Hall–Kier alpha value is -0.690. The normalized spacial score (nSPS) is 14.9. The van der Waals surface area contributed by atoms with Gasteiger partial charge in [-0.3, -0.25) is 0 Å². The molecule has 0 aliphatic heterocycles. The summed E-state index contributed by atoms with van der Waals surface area (Å²) in [5.41, 5.74) is 0. The highest BCUT2D eigenvalue weighted by Crippen LogP contribution is 2.27. The van der Waals surface area contributed by atoms with Crippen molar-refractivity contribution in [3.05, 3.63) is 0 Å². The minimum atomic E-state index is -4.12. The number of nitriles is 1. The third-order valence-corrected chi connectivity index (χ3v) is 1.17. The first-order valence-corrected chi connectivity index (χ1v) is 2.87. The van der Waals surface area contributed by atoms with Gasteiger partial charge in [0, 0.05) is 0 Å². The van der Waals surface area contributed by atoms with Crippen LogP contribution in [0.15, 0.2) is 0 Å². The van der Waals surface area contributed by atoms with Crippen LogP contribution < -0.4 is 0 Å². The van der Waals surface area contributed by atoms with E-state index in [9.17, 15) is 13.9 Å². The van der Waals surface area contributed by atoms with Crippen LogP contribution >= 0.6 is 0 Å². The van der Waals surface area contributed by atoms with Crippen molar-refractivity contribution in [2.24, 2.45) is 11.8 Å². The number of rotatable bonds is 2. The Balaban J connectivity index is 4.26. The molecule has 10 heavy (non-hydrogen) atoms. The van der Waals surface area contributed by atoms with Crippen molar-refractivity contribution in [3.63, 3.8) is 0 Å². The van der Waals surface area contributed by atoms with E-state index in [1.807, 2.05) is 0 Å². The second kappa shape index (κ2) is 2.93. The zero-order valence-corrected chi connectivity index (χ0v) is 5.77. The standard InChI is InChI=1S/C6H8F2NO/c1-4(2)5(3-9)6(7,8)10/h4-5H,1-2H3. The fourth-order valence-electron chi connectivity index (χ4n) is 0.612. The van der Waals surface area contributed by atoms with E-state index in [2.05, 4.69) is 0 Å². The predicted molar refractivity (Wildman–Crippen MR) is 29.6 cm³/mol. The zero-order chi connectivity index (χ0) is 8.36. The van der Waals surface area contributed by atoms with E-state index >= 15 is 0 Å². The number of halogens is 2. The van der Waals surface area contributed by atoms with E-state index < -0.39 is 17.9 Å². The molecule has 1 radical (unpaired) electrons. The molecule has 0 spiro atoms. The van der Waals surface area contributed by atoms with Crippen LogP contribution in [0.5, 0.6) is 0 Å². The Labute approximate surface area is 58.1 Å². The molecule has 2 nitrogen and oxygen atoms in total. The summed E-state index contributed by atoms with van der Waals surface area (Å²) in [5, 5.41) is 18.0. The summed E-state index contributed by atoms with van der Waals surface area (Å²) in [6.45, 7) is 2.83. The average molecular weight is 148 g/mol. The Morgan fingerprint density at radius 2 is 1.90 bits per heavy atom. The molecule has 1 atom stereocenters. The van der Waals surface area contributed by atoms with Gasteiger partial charge in [-0.1, -0.05) is 13.8 Å². The summed E-state index contributed by atoms with van der Waals surface area (Å²) in [6, 6.07) is 1.28. The smallest absolute Gasteiger partial charge is 0.198 e. The number of nitrogens with zero attached hydrogens (tertiary/aromatic N) is 1. The van der Waals surface area contributed by atoms with E-state index in [1.54, 1.807) is 0 Å². The second-order valence-corrected chi connectivity index (χ2v) is 2.41. The predicted octanol–water partition coefficient (Wildman–Crippen LogP) is 1.81. The topological polar surface area (TPSA) is 43.7 Å². The van der Waals surface area contributed by atoms with Crippen LogP contribution in [-0.2, 0) is 5.11 Å². The number of hydrogen-bond donors (Lipinski definition) is 0. The monoisotopic (exact) mass is 148 g/mol. The molecule has 0 bridgehead atoms. The Bertz CT molecular complexity index is 145. The average Bonchev–Trinajstić information content (AvgIpc) is 1.60. The zero-order valence-electron chi connectivity index (χ0n) is 5.77. The first-order valence-electron chi connectivity index (χ1n) is 2.87. The van der Waals surface area contributed by atoms with Gasteiger partial charge in [-0.2, -0.15) is 19.1 Å². The highest BCUT2D eigenvalue weighted by molar-refractivity contribution is 4.89. The summed E-state index contributed by atoms with van der Waals surface area (Å²) in [5.74, 6) is -2.31. The minimum Gasteiger partial charge on any atom is -0.198 e. The van der Waals surface area contributed by atoms with Gasteiger partial charge in [0.2, 0.25) is 0 Å². The van der Waals surface area contributed by atoms with Crippen molar-refractivity contribution in [1.29, 1.82) is 5.26 Å². The molecule has 0 aromatic carbocycles. The lowest BCUT2D eigenvalue weighted by atomic mass is 9.97. The molecule has 0 fully saturated rings. The summed E-state index contributed by atoms with van der Waals surface area (Å²) < 4.78 is 23.7. The molecule has 0 aliphatic rings. The van der Waals surface area contributed by atoms with Crippen LogP contribution in [0.25, 0.3) is 0 Å². The van der Waals surface area contributed by atoms with Crippen LogP contribution in [0.2, 0.25) is 0 Å². The van der Waals surface area contributed by atoms with E-state index in [-0.39, 0.29) is 0 Å². The molecule has 57 valence electrons. The van der Waals surface area contributed by atoms with Gasteiger partial charge in [0.1, 0.15) is 5.92 Å². The molecule has 0 rings (SSSR count). The molecule has 0 aliphatic carbocycles. The molecule has 1 unspecified atom stereocenters. The van der Waals surface area contributed by atoms with Gasteiger partial charge < -0.3 is 0 Å². The lowest BCUT2D eigenvalue weighted by Crippen LogP contribution is -2.28. The maximum Gasteiger partial charge on any atom is 0.397 e. The van der Waals surface area contributed by atoms with Gasteiger partial charge in [0.15, 0.2) is 0 Å². The summed E-state index contributed by atoms with van der Waals surface area (Å²) in [6.07, 6.45) is -4.12. The van der Waals surface area contributed by atoms with Crippen LogP contribution in [0, 0.1) is 23.2 Å². The van der Waals surface area contributed by atoms with Crippen molar-refractivity contribution < 1.29 is 13.9 Å². The van der Waals surface area contributed by atoms with Crippen molar-refractivity contribution in [2.75, 3.05) is 0 Å². The summed E-state index contributed by atoms with van der Waals surface area (Å²) >= 11 is 0. The van der Waals surface area contributed by atoms with Gasteiger partial charge in [0.25, 0.3) is 0 Å². The number of hydrogen-bond acceptors (Lipinski definition) is 1. The van der Waals surface area contributed by atoms with E-state index in [0.717, 1.165) is 0 Å². The van der Waals surface area contributed by atoms with Gasteiger partial charge in [-0.05, 0) is 5.92 Å². The maximum absolute atomic E-state index is 11.9. The first-order chi connectivity index (χ1) is 4.39. The van der Waals surface area contributed by atoms with Gasteiger partial charge in [-0.15, -0.1) is 0 Å². The highest BCUT2D eigenvalue weighted by Gasteiger charge is 2.41. The molecule has 0 saturated carbocycles. The summed E-state index contributed by atoms with van der Waals surface area (Å²) in [4.78, 5) is 0.